The van der Waals surface area contributed by atoms with E-state index in [-0.39, 0.29) is 11.8 Å². The van der Waals surface area contributed by atoms with E-state index in [1.54, 1.807) is 21.9 Å². The van der Waals surface area contributed by atoms with Crippen molar-refractivity contribution < 1.29 is 23.8 Å². The minimum absolute atomic E-state index is 0.0879. The maximum absolute atomic E-state index is 12.8. The van der Waals surface area contributed by atoms with Crippen LogP contribution in [0.15, 0.2) is 18.3 Å². The lowest BCUT2D eigenvalue weighted by atomic mass is 10.0. The van der Waals surface area contributed by atoms with E-state index in [0.29, 0.717) is 76.7 Å². The number of amides is 2. The van der Waals surface area contributed by atoms with Crippen molar-refractivity contribution in [3.63, 3.8) is 0 Å². The molecule has 0 unspecified atom stereocenters. The summed E-state index contributed by atoms with van der Waals surface area (Å²) >= 11 is 0. The molecule has 26 heavy (non-hydrogen) atoms. The number of rotatable bonds is 2. The molecule has 3 aliphatic heterocycles. The molecule has 140 valence electrons. The fourth-order valence-electron chi connectivity index (χ4n) is 3.63. The van der Waals surface area contributed by atoms with Crippen LogP contribution in [-0.2, 0) is 14.2 Å². The summed E-state index contributed by atoms with van der Waals surface area (Å²) in [7, 11) is 0. The first-order valence-corrected chi connectivity index (χ1v) is 9.07. The van der Waals surface area contributed by atoms with Crippen LogP contribution in [0.2, 0.25) is 0 Å². The first-order chi connectivity index (χ1) is 12.7. The number of carbonyl (C=O) groups is 2. The van der Waals surface area contributed by atoms with Gasteiger partial charge in [0.2, 0.25) is 0 Å². The van der Waals surface area contributed by atoms with E-state index in [0.717, 1.165) is 0 Å². The largest absolute Gasteiger partial charge is 0.378 e. The first kappa shape index (κ1) is 17.4. The number of carbonyl (C=O) groups excluding carboxylic acids is 2. The van der Waals surface area contributed by atoms with Crippen molar-refractivity contribution in [3.8, 4) is 0 Å². The summed E-state index contributed by atoms with van der Waals surface area (Å²) in [5.74, 6) is -0.761. The van der Waals surface area contributed by atoms with Gasteiger partial charge in [0.1, 0.15) is 5.69 Å². The molecular weight excluding hydrogens is 338 g/mol. The predicted octanol–water partition coefficient (Wildman–Crippen LogP) is 0.533. The van der Waals surface area contributed by atoms with Crippen LogP contribution in [0.4, 0.5) is 0 Å². The highest BCUT2D eigenvalue weighted by Gasteiger charge is 2.41. The molecule has 3 saturated heterocycles. The number of likely N-dealkylation sites (tertiary alicyclic amines) is 1. The van der Waals surface area contributed by atoms with E-state index in [1.165, 1.54) is 6.20 Å². The Kier molecular flexibility index (Phi) is 4.88. The van der Waals surface area contributed by atoms with E-state index in [4.69, 9.17) is 14.2 Å². The fourth-order valence-corrected chi connectivity index (χ4v) is 3.63. The second-order valence-corrected chi connectivity index (χ2v) is 6.73. The Morgan fingerprint density at radius 1 is 0.923 bits per heavy atom. The predicted molar refractivity (Wildman–Crippen MR) is 90.7 cm³/mol. The molecule has 0 N–H and O–H groups in total. The Bertz CT molecular complexity index is 673. The van der Waals surface area contributed by atoms with Crippen molar-refractivity contribution in [2.45, 2.75) is 18.6 Å². The van der Waals surface area contributed by atoms with Gasteiger partial charge in [-0.2, -0.15) is 0 Å². The molecule has 1 aromatic rings. The lowest BCUT2D eigenvalue weighted by molar-refractivity contribution is -0.181. The standard InChI is InChI=1S/C18H23N3O5/c22-16(21-7-9-24-10-8-21)14-1-4-19-15(13-14)17(23)20-5-2-18(3-6-20)25-11-12-26-18/h1,4,13H,2-3,5-12H2. The van der Waals surface area contributed by atoms with Crippen LogP contribution >= 0.6 is 0 Å². The van der Waals surface area contributed by atoms with Crippen molar-refractivity contribution in [1.82, 2.24) is 14.8 Å². The van der Waals surface area contributed by atoms with Crippen LogP contribution in [0, 0.1) is 0 Å². The van der Waals surface area contributed by atoms with Gasteiger partial charge in [-0.05, 0) is 12.1 Å². The van der Waals surface area contributed by atoms with Crippen LogP contribution in [-0.4, -0.2) is 85.0 Å². The Morgan fingerprint density at radius 2 is 1.58 bits per heavy atom. The van der Waals surface area contributed by atoms with Crippen LogP contribution in [0.3, 0.4) is 0 Å². The van der Waals surface area contributed by atoms with Gasteiger partial charge < -0.3 is 24.0 Å². The molecule has 0 atom stereocenters. The number of ether oxygens (including phenoxy) is 3. The Hall–Kier alpha value is -2.03. The highest BCUT2D eigenvalue weighted by molar-refractivity contribution is 5.98. The number of aromatic nitrogens is 1. The molecule has 0 saturated carbocycles. The maximum atomic E-state index is 12.8. The van der Waals surface area contributed by atoms with Crippen LogP contribution in [0.1, 0.15) is 33.7 Å². The van der Waals surface area contributed by atoms with Crippen molar-refractivity contribution in [1.29, 1.82) is 0 Å². The molecule has 8 heteroatoms. The SMILES string of the molecule is O=C(c1ccnc(C(=O)N2CCC3(CC2)OCCO3)c1)N1CCOCC1. The van der Waals surface area contributed by atoms with Gasteiger partial charge in [-0.3, -0.25) is 14.6 Å². The van der Waals surface area contributed by atoms with Crippen LogP contribution in [0.25, 0.3) is 0 Å². The van der Waals surface area contributed by atoms with Crippen molar-refractivity contribution in [2.75, 3.05) is 52.6 Å². The summed E-state index contributed by atoms with van der Waals surface area (Å²) in [5.41, 5.74) is 0.787. The molecular formula is C18H23N3O5. The molecule has 0 aliphatic carbocycles. The van der Waals surface area contributed by atoms with Gasteiger partial charge in [-0.15, -0.1) is 0 Å². The van der Waals surface area contributed by atoms with Gasteiger partial charge >= 0.3 is 0 Å². The molecule has 0 bridgehead atoms. The molecule has 1 aromatic heterocycles. The second kappa shape index (κ2) is 7.30. The minimum Gasteiger partial charge on any atom is -0.378 e. The molecule has 1 spiro atoms. The van der Waals surface area contributed by atoms with Crippen LogP contribution < -0.4 is 0 Å². The minimum atomic E-state index is -0.516. The highest BCUT2D eigenvalue weighted by Crippen LogP contribution is 2.31. The van der Waals surface area contributed by atoms with E-state index in [1.807, 2.05) is 0 Å². The molecule has 3 fully saturated rings. The molecule has 0 radical (unpaired) electrons. The molecule has 8 nitrogen and oxygen atoms in total. The summed E-state index contributed by atoms with van der Waals surface area (Å²) in [6.07, 6.45) is 2.84. The average molecular weight is 361 g/mol. The summed E-state index contributed by atoms with van der Waals surface area (Å²) in [4.78, 5) is 33.1. The van der Waals surface area contributed by atoms with Gasteiger partial charge in [0.15, 0.2) is 5.79 Å². The highest BCUT2D eigenvalue weighted by atomic mass is 16.7. The smallest absolute Gasteiger partial charge is 0.272 e. The van der Waals surface area contributed by atoms with Gasteiger partial charge in [0, 0.05) is 50.8 Å². The number of morpholine rings is 1. The van der Waals surface area contributed by atoms with E-state index < -0.39 is 5.79 Å². The van der Waals surface area contributed by atoms with Gasteiger partial charge in [0.25, 0.3) is 11.8 Å². The Balaban J connectivity index is 1.42. The van der Waals surface area contributed by atoms with Gasteiger partial charge in [-0.25, -0.2) is 0 Å². The van der Waals surface area contributed by atoms with E-state index in [9.17, 15) is 9.59 Å². The van der Waals surface area contributed by atoms with E-state index >= 15 is 0 Å². The number of piperidine rings is 1. The number of nitrogens with zero attached hydrogens (tertiary/aromatic N) is 3. The first-order valence-electron chi connectivity index (χ1n) is 9.07. The Labute approximate surface area is 152 Å². The molecule has 4 rings (SSSR count). The topological polar surface area (TPSA) is 81.2 Å². The normalized spacial score (nSPS) is 22.6. The summed E-state index contributed by atoms with van der Waals surface area (Å²) in [6, 6.07) is 3.24. The molecule has 4 heterocycles. The fraction of sp³-hybridized carbons (Fsp3) is 0.611. The van der Waals surface area contributed by atoms with Crippen LogP contribution in [0.5, 0.6) is 0 Å². The number of hydrogen-bond donors (Lipinski definition) is 0. The summed E-state index contributed by atoms with van der Waals surface area (Å²) in [5, 5.41) is 0. The van der Waals surface area contributed by atoms with E-state index in [2.05, 4.69) is 4.98 Å². The monoisotopic (exact) mass is 361 g/mol. The molecule has 0 aromatic carbocycles. The van der Waals surface area contributed by atoms with Gasteiger partial charge in [0.05, 0.1) is 26.4 Å². The number of hydrogen-bond acceptors (Lipinski definition) is 6. The van der Waals surface area contributed by atoms with Crippen molar-refractivity contribution >= 4 is 11.8 Å². The van der Waals surface area contributed by atoms with Crippen molar-refractivity contribution in [3.05, 3.63) is 29.6 Å². The third-order valence-corrected chi connectivity index (χ3v) is 5.15. The zero-order valence-electron chi connectivity index (χ0n) is 14.7. The lowest BCUT2D eigenvalue weighted by Gasteiger charge is -2.37. The zero-order chi connectivity index (χ0) is 18.0. The molecule has 2 amide bonds. The average Bonchev–Trinajstić information content (AvgIpc) is 3.16. The maximum Gasteiger partial charge on any atom is 0.272 e. The quantitative estimate of drug-likeness (QED) is 0.765. The lowest BCUT2D eigenvalue weighted by Crippen LogP contribution is -2.47. The third-order valence-electron chi connectivity index (χ3n) is 5.15. The molecule has 3 aliphatic rings. The zero-order valence-corrected chi connectivity index (χ0v) is 14.7. The second-order valence-electron chi connectivity index (χ2n) is 6.73. The Morgan fingerprint density at radius 3 is 2.27 bits per heavy atom. The van der Waals surface area contributed by atoms with Crippen molar-refractivity contribution in [2.24, 2.45) is 0 Å². The third kappa shape index (κ3) is 3.44. The number of pyridine rings is 1. The van der Waals surface area contributed by atoms with Gasteiger partial charge in [-0.1, -0.05) is 0 Å². The summed E-state index contributed by atoms with van der Waals surface area (Å²) in [6.45, 7) is 4.56. The summed E-state index contributed by atoms with van der Waals surface area (Å²) < 4.78 is 16.7.